The third kappa shape index (κ3) is 4.13. The number of nitrogens with zero attached hydrogens (tertiary/aromatic N) is 4. The molecule has 0 N–H and O–H groups in total. The van der Waals surface area contributed by atoms with E-state index in [0.717, 1.165) is 30.5 Å². The molecule has 1 aliphatic rings. The Hall–Kier alpha value is -3.22. The predicted molar refractivity (Wildman–Crippen MR) is 108 cm³/mol. The second kappa shape index (κ2) is 8.43. The molecular formula is C22H24N4O3. The van der Waals surface area contributed by atoms with Crippen LogP contribution in [0, 0.1) is 12.8 Å². The highest BCUT2D eigenvalue weighted by molar-refractivity contribution is 5.96. The Balaban J connectivity index is 1.44. The van der Waals surface area contributed by atoms with Crippen LogP contribution in [-0.2, 0) is 6.42 Å². The maximum atomic E-state index is 13.0. The smallest absolute Gasteiger partial charge is 0.259 e. The lowest BCUT2D eigenvalue weighted by atomic mass is 9.94. The zero-order valence-electron chi connectivity index (χ0n) is 16.7. The maximum Gasteiger partial charge on any atom is 0.259 e. The minimum atomic E-state index is -0.0502. The van der Waals surface area contributed by atoms with Gasteiger partial charge in [-0.25, -0.2) is 4.98 Å². The molecule has 1 saturated heterocycles. The Morgan fingerprint density at radius 1 is 1.28 bits per heavy atom. The van der Waals surface area contributed by atoms with E-state index in [1.165, 1.54) is 7.11 Å². The van der Waals surface area contributed by atoms with Gasteiger partial charge >= 0.3 is 0 Å². The lowest BCUT2D eigenvalue weighted by molar-refractivity contribution is 0.0664. The molecule has 2 aromatic heterocycles. The number of piperidine rings is 1. The summed E-state index contributed by atoms with van der Waals surface area (Å²) in [5.41, 5.74) is 2.58. The van der Waals surface area contributed by atoms with Crippen molar-refractivity contribution in [2.75, 3.05) is 20.2 Å². The van der Waals surface area contributed by atoms with Crippen LogP contribution < -0.4 is 4.74 Å². The van der Waals surface area contributed by atoms with E-state index in [4.69, 9.17) is 9.26 Å². The Bertz CT molecular complexity index is 1000. The number of methoxy groups -OCH3 is 1. The normalized spacial score (nSPS) is 16.6. The number of benzene rings is 1. The van der Waals surface area contributed by atoms with Crippen LogP contribution in [0.25, 0.3) is 11.4 Å². The topological polar surface area (TPSA) is 81.4 Å². The second-order valence-corrected chi connectivity index (χ2v) is 7.35. The molecule has 1 aromatic carbocycles. The molecule has 3 heterocycles. The van der Waals surface area contributed by atoms with Crippen molar-refractivity contribution in [3.8, 4) is 17.3 Å². The van der Waals surface area contributed by atoms with E-state index >= 15 is 0 Å². The van der Waals surface area contributed by atoms with Gasteiger partial charge < -0.3 is 14.2 Å². The third-order valence-electron chi connectivity index (χ3n) is 5.32. The van der Waals surface area contributed by atoms with Gasteiger partial charge in [-0.15, -0.1) is 0 Å². The highest BCUT2D eigenvalue weighted by Crippen LogP contribution is 2.25. The Labute approximate surface area is 169 Å². The first-order chi connectivity index (χ1) is 14.2. The molecule has 0 spiro atoms. The number of likely N-dealkylation sites (tertiary alicyclic amines) is 1. The molecule has 1 fully saturated rings. The molecule has 0 saturated carbocycles. The summed E-state index contributed by atoms with van der Waals surface area (Å²) < 4.78 is 10.7. The molecule has 29 heavy (non-hydrogen) atoms. The van der Waals surface area contributed by atoms with Gasteiger partial charge in [0, 0.05) is 31.3 Å². The Morgan fingerprint density at radius 3 is 2.97 bits per heavy atom. The molecule has 7 heteroatoms. The molecule has 1 unspecified atom stereocenters. The number of aromatic nitrogens is 3. The zero-order valence-corrected chi connectivity index (χ0v) is 16.7. The van der Waals surface area contributed by atoms with Crippen molar-refractivity contribution in [3.05, 3.63) is 59.6 Å². The van der Waals surface area contributed by atoms with Crippen molar-refractivity contribution in [2.24, 2.45) is 5.92 Å². The summed E-state index contributed by atoms with van der Waals surface area (Å²) in [5.74, 6) is 1.81. The molecule has 1 amide bonds. The van der Waals surface area contributed by atoms with Crippen molar-refractivity contribution < 1.29 is 14.1 Å². The molecule has 4 rings (SSSR count). The number of ether oxygens (including phenoxy) is 1. The summed E-state index contributed by atoms with van der Waals surface area (Å²) in [7, 11) is 1.53. The van der Waals surface area contributed by atoms with Gasteiger partial charge in [0.2, 0.25) is 17.6 Å². The van der Waals surface area contributed by atoms with Gasteiger partial charge in [-0.3, -0.25) is 4.79 Å². The standard InChI is InChI=1S/C22H24N4O3/c1-15-7-3-4-9-17(15)20-24-19(29-25-20)13-16-8-6-12-26(14-16)22(27)18-10-5-11-23-21(18)28-2/h3-5,7,9-11,16H,6,8,12-14H2,1-2H3. The van der Waals surface area contributed by atoms with Crippen LogP contribution in [0.5, 0.6) is 5.88 Å². The first kappa shape index (κ1) is 19.1. The average Bonchev–Trinajstić information content (AvgIpc) is 3.22. The van der Waals surface area contributed by atoms with Crippen molar-refractivity contribution in [2.45, 2.75) is 26.2 Å². The number of amides is 1. The highest BCUT2D eigenvalue weighted by Gasteiger charge is 2.28. The molecule has 7 nitrogen and oxygen atoms in total. The monoisotopic (exact) mass is 392 g/mol. The van der Waals surface area contributed by atoms with E-state index in [2.05, 4.69) is 15.1 Å². The van der Waals surface area contributed by atoms with Crippen LogP contribution >= 0.6 is 0 Å². The molecule has 0 radical (unpaired) electrons. The SMILES string of the molecule is COc1ncccc1C(=O)N1CCCC(Cc2nc(-c3ccccc3C)no2)C1. The molecule has 0 bridgehead atoms. The van der Waals surface area contributed by atoms with Crippen LogP contribution in [0.15, 0.2) is 47.1 Å². The van der Waals surface area contributed by atoms with Crippen LogP contribution in [0.3, 0.4) is 0 Å². The summed E-state index contributed by atoms with van der Waals surface area (Å²) in [4.78, 5) is 23.5. The Kier molecular flexibility index (Phi) is 5.55. The summed E-state index contributed by atoms with van der Waals surface area (Å²) in [6.45, 7) is 3.41. The molecule has 150 valence electrons. The van der Waals surface area contributed by atoms with Gasteiger partial charge in [0.05, 0.1) is 7.11 Å². The van der Waals surface area contributed by atoms with Crippen LogP contribution in [-0.4, -0.2) is 46.1 Å². The summed E-state index contributed by atoms with van der Waals surface area (Å²) >= 11 is 0. The van der Waals surface area contributed by atoms with Gasteiger partial charge in [-0.2, -0.15) is 4.98 Å². The number of aryl methyl sites for hydroxylation is 1. The second-order valence-electron chi connectivity index (χ2n) is 7.35. The van der Waals surface area contributed by atoms with Crippen molar-refractivity contribution in [1.29, 1.82) is 0 Å². The Morgan fingerprint density at radius 2 is 2.14 bits per heavy atom. The molecule has 1 aliphatic heterocycles. The van der Waals surface area contributed by atoms with E-state index in [-0.39, 0.29) is 11.8 Å². The fourth-order valence-electron chi connectivity index (χ4n) is 3.82. The van der Waals surface area contributed by atoms with Crippen LogP contribution in [0.2, 0.25) is 0 Å². The van der Waals surface area contributed by atoms with E-state index in [1.54, 1.807) is 18.3 Å². The number of hydrogen-bond acceptors (Lipinski definition) is 6. The van der Waals surface area contributed by atoms with Crippen LogP contribution in [0.4, 0.5) is 0 Å². The van der Waals surface area contributed by atoms with Gasteiger partial charge in [-0.1, -0.05) is 29.4 Å². The third-order valence-corrected chi connectivity index (χ3v) is 5.32. The van der Waals surface area contributed by atoms with Crippen molar-refractivity contribution >= 4 is 5.91 Å². The minimum absolute atomic E-state index is 0.0502. The lowest BCUT2D eigenvalue weighted by Gasteiger charge is -2.32. The van der Waals surface area contributed by atoms with Gasteiger partial charge in [-0.05, 0) is 43.4 Å². The molecule has 0 aliphatic carbocycles. The van der Waals surface area contributed by atoms with E-state index in [0.29, 0.717) is 36.1 Å². The van der Waals surface area contributed by atoms with E-state index in [9.17, 15) is 4.79 Å². The van der Waals surface area contributed by atoms with Crippen LogP contribution in [0.1, 0.15) is 34.7 Å². The van der Waals surface area contributed by atoms with Gasteiger partial charge in [0.1, 0.15) is 5.56 Å². The van der Waals surface area contributed by atoms with E-state index < -0.39 is 0 Å². The predicted octanol–water partition coefficient (Wildman–Crippen LogP) is 3.54. The van der Waals surface area contributed by atoms with E-state index in [1.807, 2.05) is 36.1 Å². The first-order valence-electron chi connectivity index (χ1n) is 9.82. The number of rotatable bonds is 5. The lowest BCUT2D eigenvalue weighted by Crippen LogP contribution is -2.40. The fourth-order valence-corrected chi connectivity index (χ4v) is 3.82. The molecule has 1 atom stereocenters. The van der Waals surface area contributed by atoms with Gasteiger partial charge in [0.15, 0.2) is 0 Å². The summed E-state index contributed by atoms with van der Waals surface area (Å²) in [6, 6.07) is 11.5. The molecule has 3 aromatic rings. The maximum absolute atomic E-state index is 13.0. The largest absolute Gasteiger partial charge is 0.480 e. The van der Waals surface area contributed by atoms with Gasteiger partial charge in [0.25, 0.3) is 5.91 Å². The highest BCUT2D eigenvalue weighted by atomic mass is 16.5. The summed E-state index contributed by atoms with van der Waals surface area (Å²) in [5, 5.41) is 4.15. The fraction of sp³-hybridized carbons (Fsp3) is 0.364. The molecular weight excluding hydrogens is 368 g/mol. The number of carbonyl (C=O) groups is 1. The minimum Gasteiger partial charge on any atom is -0.480 e. The number of carbonyl (C=O) groups excluding carboxylic acids is 1. The van der Waals surface area contributed by atoms with Crippen molar-refractivity contribution in [3.63, 3.8) is 0 Å². The number of pyridine rings is 1. The van der Waals surface area contributed by atoms with Crippen molar-refractivity contribution in [1.82, 2.24) is 20.0 Å². The quantitative estimate of drug-likeness (QED) is 0.661. The zero-order chi connectivity index (χ0) is 20.2. The average molecular weight is 392 g/mol. The summed E-state index contributed by atoms with van der Waals surface area (Å²) in [6.07, 6.45) is 4.25. The number of hydrogen-bond donors (Lipinski definition) is 0. The first-order valence-corrected chi connectivity index (χ1v) is 9.82.